The Labute approximate surface area is 169 Å². The number of halogens is 1. The lowest BCUT2D eigenvalue weighted by Crippen LogP contribution is -2.26. The average molecular weight is 429 g/mol. The molecule has 0 fully saturated rings. The number of fused-ring (bicyclic) bond motifs is 7. The van der Waals surface area contributed by atoms with E-state index in [4.69, 9.17) is 0 Å². The molecule has 0 unspecified atom stereocenters. The number of aryl methyl sites for hydroxylation is 1. The Bertz CT molecular complexity index is 1180. The summed E-state index contributed by atoms with van der Waals surface area (Å²) in [6.45, 7) is 2.03. The summed E-state index contributed by atoms with van der Waals surface area (Å²) in [5.41, 5.74) is 7.32. The molecule has 2 aromatic rings. The minimum atomic E-state index is -0.150. The Morgan fingerprint density at radius 2 is 1.29 bits per heavy atom. The van der Waals surface area contributed by atoms with Crippen molar-refractivity contribution in [3.63, 3.8) is 0 Å². The molecule has 2 aromatic carbocycles. The molecule has 134 valence electrons. The molecular weight excluding hydrogens is 416 g/mol. The molecule has 0 atom stereocenters. The molecule has 4 nitrogen and oxygen atoms in total. The number of carbonyl (C=O) groups is 2. The molecule has 0 aliphatic carbocycles. The van der Waals surface area contributed by atoms with E-state index < -0.39 is 0 Å². The second-order valence-electron chi connectivity index (χ2n) is 7.25. The van der Waals surface area contributed by atoms with Gasteiger partial charge in [0.15, 0.2) is 0 Å². The third-order valence-corrected chi connectivity index (χ3v) is 6.10. The van der Waals surface area contributed by atoms with Crippen molar-refractivity contribution in [1.29, 1.82) is 0 Å². The van der Waals surface area contributed by atoms with Gasteiger partial charge in [-0.05, 0) is 42.3 Å². The fraction of sp³-hybridized carbons (Fsp3) is 0.0435. The number of nitrogens with zero attached hydrogens (tertiary/aromatic N) is 2. The zero-order valence-electron chi connectivity index (χ0n) is 14.9. The third kappa shape index (κ3) is 1.84. The fourth-order valence-electron chi connectivity index (χ4n) is 4.38. The fourth-order valence-corrected chi connectivity index (χ4v) is 4.76. The van der Waals surface area contributed by atoms with Crippen LogP contribution in [0, 0.1) is 6.92 Å². The van der Waals surface area contributed by atoms with Crippen molar-refractivity contribution in [3.8, 4) is 0 Å². The molecule has 0 N–H and O–H groups in total. The number of carbonyl (C=O) groups excluding carboxylic acids is 2. The van der Waals surface area contributed by atoms with Crippen molar-refractivity contribution >= 4 is 51.3 Å². The van der Waals surface area contributed by atoms with Gasteiger partial charge in [-0.15, -0.1) is 0 Å². The van der Waals surface area contributed by atoms with Crippen LogP contribution in [0.5, 0.6) is 0 Å². The molecule has 4 aliphatic heterocycles. The molecular formula is C23H13BrN2O2. The highest BCUT2D eigenvalue weighted by atomic mass is 79.9. The van der Waals surface area contributed by atoms with E-state index in [1.807, 2.05) is 49.4 Å². The monoisotopic (exact) mass is 428 g/mol. The van der Waals surface area contributed by atoms with E-state index in [1.54, 1.807) is 22.2 Å². The Morgan fingerprint density at radius 1 is 0.750 bits per heavy atom. The zero-order valence-corrected chi connectivity index (χ0v) is 16.4. The maximum Gasteiger partial charge on any atom is 0.265 e. The number of hydrogen-bond acceptors (Lipinski definition) is 2. The molecule has 6 rings (SSSR count). The zero-order chi connectivity index (χ0) is 19.2. The quantitative estimate of drug-likeness (QED) is 0.618. The summed E-state index contributed by atoms with van der Waals surface area (Å²) in [4.78, 5) is 29.9. The lowest BCUT2D eigenvalue weighted by Gasteiger charge is -2.26. The predicted octanol–water partition coefficient (Wildman–Crippen LogP) is 4.53. The summed E-state index contributed by atoms with van der Waals surface area (Å²) >= 11 is 3.49. The van der Waals surface area contributed by atoms with Gasteiger partial charge < -0.3 is 0 Å². The SMILES string of the molecule is Cc1ccc2c(c1)C=CN1C(=O)C3=C4c5ccc(Br)cc5C=CN4C(=O)C3=C21. The Hall–Kier alpha value is -3.18. The molecule has 4 aliphatic rings. The van der Waals surface area contributed by atoms with Crippen molar-refractivity contribution < 1.29 is 9.59 Å². The highest BCUT2D eigenvalue weighted by Gasteiger charge is 2.49. The van der Waals surface area contributed by atoms with E-state index in [9.17, 15) is 9.59 Å². The summed E-state index contributed by atoms with van der Waals surface area (Å²) in [7, 11) is 0. The van der Waals surface area contributed by atoms with E-state index in [1.165, 1.54) is 0 Å². The lowest BCUT2D eigenvalue weighted by molar-refractivity contribution is -0.122. The number of rotatable bonds is 0. The second-order valence-corrected chi connectivity index (χ2v) is 8.17. The van der Waals surface area contributed by atoms with Crippen LogP contribution in [0.4, 0.5) is 0 Å². The van der Waals surface area contributed by atoms with Gasteiger partial charge in [-0.1, -0.05) is 45.8 Å². The van der Waals surface area contributed by atoms with Crippen molar-refractivity contribution in [3.05, 3.63) is 92.2 Å². The number of hydrogen-bond donors (Lipinski definition) is 0. The minimum Gasteiger partial charge on any atom is -0.282 e. The Morgan fingerprint density at radius 3 is 1.89 bits per heavy atom. The molecule has 0 aromatic heterocycles. The highest BCUT2D eigenvalue weighted by Crippen LogP contribution is 2.50. The van der Waals surface area contributed by atoms with E-state index in [0.29, 0.717) is 22.5 Å². The summed E-state index contributed by atoms with van der Waals surface area (Å²) in [5, 5.41) is 0. The summed E-state index contributed by atoms with van der Waals surface area (Å²) in [6, 6.07) is 12.0. The van der Waals surface area contributed by atoms with Gasteiger partial charge in [0.2, 0.25) is 0 Å². The molecule has 0 saturated carbocycles. The predicted molar refractivity (Wildman–Crippen MR) is 111 cm³/mol. The van der Waals surface area contributed by atoms with Crippen LogP contribution in [-0.4, -0.2) is 21.6 Å². The average Bonchev–Trinajstić information content (AvgIpc) is 3.14. The molecule has 28 heavy (non-hydrogen) atoms. The second kappa shape index (κ2) is 5.20. The smallest absolute Gasteiger partial charge is 0.265 e. The van der Waals surface area contributed by atoms with E-state index >= 15 is 0 Å². The van der Waals surface area contributed by atoms with Crippen molar-refractivity contribution in [2.75, 3.05) is 0 Å². The first-order valence-corrected chi connectivity index (χ1v) is 9.77. The van der Waals surface area contributed by atoms with Gasteiger partial charge in [0.1, 0.15) is 0 Å². The normalized spacial score (nSPS) is 18.5. The molecule has 2 amide bonds. The minimum absolute atomic E-state index is 0.150. The van der Waals surface area contributed by atoms with E-state index in [-0.39, 0.29) is 11.8 Å². The first-order valence-electron chi connectivity index (χ1n) is 8.98. The standard InChI is InChI=1S/C23H13BrN2O2/c1-12-2-4-16-13(10-12)6-8-25-20(16)18-19(23(25)28)21-17-5-3-15(24)11-14(17)7-9-26(21)22(18)27/h2-11H,1H3. The van der Waals surface area contributed by atoms with Gasteiger partial charge in [0.05, 0.1) is 22.5 Å². The molecule has 0 saturated heterocycles. The summed E-state index contributed by atoms with van der Waals surface area (Å²) in [6.07, 6.45) is 7.38. The van der Waals surface area contributed by atoms with Gasteiger partial charge in [0.25, 0.3) is 11.8 Å². The lowest BCUT2D eigenvalue weighted by atomic mass is 9.95. The van der Waals surface area contributed by atoms with Crippen LogP contribution in [0.25, 0.3) is 23.5 Å². The van der Waals surface area contributed by atoms with Crippen LogP contribution in [0.3, 0.4) is 0 Å². The molecule has 0 bridgehead atoms. The van der Waals surface area contributed by atoms with Crippen LogP contribution in [0.2, 0.25) is 0 Å². The van der Waals surface area contributed by atoms with Gasteiger partial charge in [0, 0.05) is 28.0 Å². The van der Waals surface area contributed by atoms with Crippen LogP contribution < -0.4 is 0 Å². The van der Waals surface area contributed by atoms with Crippen molar-refractivity contribution in [2.24, 2.45) is 0 Å². The third-order valence-electron chi connectivity index (χ3n) is 5.61. The van der Waals surface area contributed by atoms with Crippen molar-refractivity contribution in [1.82, 2.24) is 9.80 Å². The maximum atomic E-state index is 13.3. The largest absolute Gasteiger partial charge is 0.282 e. The van der Waals surface area contributed by atoms with Crippen LogP contribution in [-0.2, 0) is 9.59 Å². The highest BCUT2D eigenvalue weighted by molar-refractivity contribution is 9.10. The topological polar surface area (TPSA) is 40.6 Å². The first-order chi connectivity index (χ1) is 13.5. The van der Waals surface area contributed by atoms with Gasteiger partial charge in [-0.25, -0.2) is 0 Å². The van der Waals surface area contributed by atoms with Gasteiger partial charge in [-0.2, -0.15) is 0 Å². The molecule has 0 spiro atoms. The van der Waals surface area contributed by atoms with Crippen molar-refractivity contribution in [2.45, 2.75) is 6.92 Å². The Balaban J connectivity index is 1.68. The van der Waals surface area contributed by atoms with Crippen LogP contribution in [0.15, 0.2) is 64.4 Å². The van der Waals surface area contributed by atoms with Gasteiger partial charge in [-0.3, -0.25) is 19.4 Å². The summed E-state index contributed by atoms with van der Waals surface area (Å²) in [5.74, 6) is -0.301. The number of amides is 2. The van der Waals surface area contributed by atoms with E-state index in [2.05, 4.69) is 22.0 Å². The van der Waals surface area contributed by atoms with Crippen LogP contribution >= 0.6 is 15.9 Å². The molecule has 5 heteroatoms. The van der Waals surface area contributed by atoms with Gasteiger partial charge >= 0.3 is 0 Å². The number of benzene rings is 2. The summed E-state index contributed by atoms with van der Waals surface area (Å²) < 4.78 is 0.959. The Kier molecular flexibility index (Phi) is 2.94. The molecule has 0 radical (unpaired) electrons. The van der Waals surface area contributed by atoms with Crippen LogP contribution in [0.1, 0.15) is 27.8 Å². The maximum absolute atomic E-state index is 13.3. The van der Waals surface area contributed by atoms with E-state index in [0.717, 1.165) is 32.3 Å². The molecule has 4 heterocycles. The first kappa shape index (κ1) is 15.8.